The van der Waals surface area contributed by atoms with Gasteiger partial charge in [0.05, 0.1) is 4.90 Å². The topological polar surface area (TPSA) is 118 Å². The number of Topliss-reactive ketones (excluding diaryl/α,β-unsaturated/α-hetero) is 2. The van der Waals surface area contributed by atoms with Crippen LogP contribution in [0.15, 0.2) is 70.2 Å². The van der Waals surface area contributed by atoms with Crippen molar-refractivity contribution in [2.45, 2.75) is 18.7 Å². The molecule has 8 nitrogen and oxygen atoms in total. The minimum atomic E-state index is -3.93. The normalized spacial score (nSPS) is 13.7. The number of fused-ring (bicyclic) bond motifs is 1. The van der Waals surface area contributed by atoms with E-state index in [9.17, 15) is 18.0 Å². The van der Waals surface area contributed by atoms with E-state index in [-0.39, 0.29) is 32.7 Å². The predicted molar refractivity (Wildman–Crippen MR) is 120 cm³/mol. The van der Waals surface area contributed by atoms with Crippen LogP contribution in [-0.4, -0.2) is 30.0 Å². The Labute approximate surface area is 189 Å². The van der Waals surface area contributed by atoms with Gasteiger partial charge in [0.1, 0.15) is 10.7 Å². The van der Waals surface area contributed by atoms with E-state index in [0.29, 0.717) is 17.1 Å². The lowest BCUT2D eigenvalue weighted by Crippen LogP contribution is -2.24. The van der Waals surface area contributed by atoms with Crippen molar-refractivity contribution >= 4 is 44.8 Å². The molecule has 0 amide bonds. The number of benzene rings is 2. The van der Waals surface area contributed by atoms with Crippen LogP contribution in [-0.2, 0) is 10.0 Å². The van der Waals surface area contributed by atoms with Gasteiger partial charge < -0.3 is 5.32 Å². The molecule has 0 radical (unpaired) electrons. The highest BCUT2D eigenvalue weighted by Crippen LogP contribution is 2.29. The lowest BCUT2D eigenvalue weighted by molar-refractivity contribution is 0.0982. The molecule has 1 aromatic heterocycles. The average molecular weight is 469 g/mol. The summed E-state index contributed by atoms with van der Waals surface area (Å²) < 4.78 is 27.7. The molecule has 0 atom stereocenters. The monoisotopic (exact) mass is 468 g/mol. The third kappa shape index (κ3) is 4.12. The molecule has 10 heteroatoms. The molecule has 0 saturated carbocycles. The SMILES string of the molecule is Cc1cc(C)nc(NS(=O)(=O)c2ccc(NC3=C(Cl)C(=O)c4ccccc4C3=O)cc2)n1. The Bertz CT molecular complexity index is 1380. The fraction of sp³-hybridized carbons (Fsp3) is 0.0909. The molecule has 1 aliphatic rings. The molecule has 0 unspecified atom stereocenters. The van der Waals surface area contributed by atoms with Crippen molar-refractivity contribution in [1.29, 1.82) is 0 Å². The third-order valence-electron chi connectivity index (χ3n) is 4.70. The van der Waals surface area contributed by atoms with Gasteiger partial charge in [0.15, 0.2) is 0 Å². The quantitative estimate of drug-likeness (QED) is 0.584. The molecule has 4 rings (SSSR count). The molecule has 0 bridgehead atoms. The lowest BCUT2D eigenvalue weighted by Gasteiger charge is -2.19. The number of hydrogen-bond acceptors (Lipinski definition) is 7. The van der Waals surface area contributed by atoms with Gasteiger partial charge in [0.25, 0.3) is 10.0 Å². The lowest BCUT2D eigenvalue weighted by atomic mass is 9.92. The molecular formula is C22H17ClN4O4S. The molecule has 32 heavy (non-hydrogen) atoms. The summed E-state index contributed by atoms with van der Waals surface area (Å²) in [6, 6.07) is 13.8. The van der Waals surface area contributed by atoms with Crippen molar-refractivity contribution in [2.75, 3.05) is 10.0 Å². The number of ketones is 2. The third-order valence-corrected chi connectivity index (χ3v) is 6.41. The molecule has 162 valence electrons. The van der Waals surface area contributed by atoms with E-state index in [0.717, 1.165) is 0 Å². The molecule has 0 aliphatic heterocycles. The second kappa shape index (κ2) is 8.18. The molecule has 0 saturated heterocycles. The smallest absolute Gasteiger partial charge is 0.264 e. The van der Waals surface area contributed by atoms with Crippen molar-refractivity contribution in [3.05, 3.63) is 87.8 Å². The maximum absolute atomic E-state index is 12.8. The number of nitrogens with zero attached hydrogens (tertiary/aromatic N) is 2. The van der Waals surface area contributed by atoms with Gasteiger partial charge in [-0.05, 0) is 44.2 Å². The highest BCUT2D eigenvalue weighted by Gasteiger charge is 2.31. The van der Waals surface area contributed by atoms with Crippen LogP contribution in [0.4, 0.5) is 11.6 Å². The van der Waals surface area contributed by atoms with Crippen LogP contribution >= 0.6 is 11.6 Å². The molecule has 2 N–H and O–H groups in total. The summed E-state index contributed by atoms with van der Waals surface area (Å²) in [6.45, 7) is 3.48. The summed E-state index contributed by atoms with van der Waals surface area (Å²) in [5.41, 5.74) is 2.09. The van der Waals surface area contributed by atoms with Gasteiger partial charge in [-0.25, -0.2) is 23.1 Å². The Balaban J connectivity index is 1.57. The molecular weight excluding hydrogens is 452 g/mol. The van der Waals surface area contributed by atoms with Crippen LogP contribution in [0.1, 0.15) is 32.1 Å². The Morgan fingerprint density at radius 2 is 1.41 bits per heavy atom. The van der Waals surface area contributed by atoms with Crippen LogP contribution in [0, 0.1) is 13.8 Å². The van der Waals surface area contributed by atoms with Crippen LogP contribution in [0.2, 0.25) is 0 Å². The minimum absolute atomic E-state index is 0.0216. The van der Waals surface area contributed by atoms with Crippen molar-refractivity contribution < 1.29 is 18.0 Å². The summed E-state index contributed by atoms with van der Waals surface area (Å²) >= 11 is 6.15. The number of carbonyl (C=O) groups is 2. The first-order valence-electron chi connectivity index (χ1n) is 9.46. The van der Waals surface area contributed by atoms with E-state index in [4.69, 9.17) is 11.6 Å². The van der Waals surface area contributed by atoms with Gasteiger partial charge in [-0.3, -0.25) is 9.59 Å². The first-order valence-corrected chi connectivity index (χ1v) is 11.3. The molecule has 1 aliphatic carbocycles. The van der Waals surface area contributed by atoms with E-state index in [1.807, 2.05) is 0 Å². The summed E-state index contributed by atoms with van der Waals surface area (Å²) in [4.78, 5) is 33.4. The van der Waals surface area contributed by atoms with Crippen LogP contribution in [0.5, 0.6) is 0 Å². The zero-order chi connectivity index (χ0) is 23.0. The molecule has 0 spiro atoms. The molecule has 1 heterocycles. The first kappa shape index (κ1) is 21.7. The van der Waals surface area contributed by atoms with E-state index >= 15 is 0 Å². The number of nitrogens with one attached hydrogen (secondary N) is 2. The number of hydrogen-bond donors (Lipinski definition) is 2. The minimum Gasteiger partial charge on any atom is -0.351 e. The Kier molecular flexibility index (Phi) is 5.53. The predicted octanol–water partition coefficient (Wildman–Crippen LogP) is 3.84. The van der Waals surface area contributed by atoms with Gasteiger partial charge in [-0.15, -0.1) is 0 Å². The van der Waals surface area contributed by atoms with Gasteiger partial charge >= 0.3 is 0 Å². The number of anilines is 2. The van der Waals surface area contributed by atoms with E-state index in [1.54, 1.807) is 44.2 Å². The number of allylic oxidation sites excluding steroid dienone is 2. The number of carbonyl (C=O) groups excluding carboxylic acids is 2. The second-order valence-electron chi connectivity index (χ2n) is 7.12. The zero-order valence-electron chi connectivity index (χ0n) is 17.0. The number of halogens is 1. The Morgan fingerprint density at radius 1 is 0.844 bits per heavy atom. The van der Waals surface area contributed by atoms with E-state index in [2.05, 4.69) is 20.0 Å². The highest BCUT2D eigenvalue weighted by atomic mass is 35.5. The first-order chi connectivity index (χ1) is 15.2. The van der Waals surface area contributed by atoms with E-state index < -0.39 is 21.6 Å². The van der Waals surface area contributed by atoms with Crippen LogP contribution in [0.3, 0.4) is 0 Å². The standard InChI is InChI=1S/C22H17ClN4O4S/c1-12-11-13(2)25-22(24-12)27-32(30,31)15-9-7-14(8-10-15)26-19-18(23)20(28)16-5-3-4-6-17(16)21(19)29/h3-11,26H,1-2H3,(H,24,25,27). The fourth-order valence-corrected chi connectivity index (χ4v) is 4.45. The van der Waals surface area contributed by atoms with Gasteiger partial charge in [-0.1, -0.05) is 35.9 Å². The Hall–Kier alpha value is -3.56. The maximum atomic E-state index is 12.8. The summed E-state index contributed by atoms with van der Waals surface area (Å²) in [7, 11) is -3.93. The number of aryl methyl sites for hydroxylation is 2. The summed E-state index contributed by atoms with van der Waals surface area (Å²) in [5.74, 6) is -0.900. The maximum Gasteiger partial charge on any atom is 0.264 e. The molecule has 2 aromatic carbocycles. The number of sulfonamides is 1. The Morgan fingerprint density at radius 3 is 2.00 bits per heavy atom. The van der Waals surface area contributed by atoms with Crippen molar-refractivity contribution in [1.82, 2.24) is 9.97 Å². The summed E-state index contributed by atoms with van der Waals surface area (Å²) in [6.07, 6.45) is 0. The van der Waals surface area contributed by atoms with E-state index in [1.165, 1.54) is 24.3 Å². The van der Waals surface area contributed by atoms with Gasteiger partial charge in [0.2, 0.25) is 17.5 Å². The molecule has 0 fully saturated rings. The van der Waals surface area contributed by atoms with Crippen LogP contribution < -0.4 is 10.0 Å². The number of rotatable bonds is 5. The summed E-state index contributed by atoms with van der Waals surface area (Å²) in [5, 5.41) is 2.61. The van der Waals surface area contributed by atoms with Crippen molar-refractivity contribution in [2.24, 2.45) is 0 Å². The largest absolute Gasteiger partial charge is 0.351 e. The highest BCUT2D eigenvalue weighted by molar-refractivity contribution is 7.92. The van der Waals surface area contributed by atoms with Gasteiger partial charge in [0, 0.05) is 28.2 Å². The van der Waals surface area contributed by atoms with Crippen molar-refractivity contribution in [3.63, 3.8) is 0 Å². The average Bonchev–Trinajstić information content (AvgIpc) is 2.74. The van der Waals surface area contributed by atoms with Gasteiger partial charge in [-0.2, -0.15) is 0 Å². The zero-order valence-corrected chi connectivity index (χ0v) is 18.6. The fourth-order valence-electron chi connectivity index (χ4n) is 3.27. The van der Waals surface area contributed by atoms with Crippen LogP contribution in [0.25, 0.3) is 0 Å². The molecule has 3 aromatic rings. The second-order valence-corrected chi connectivity index (χ2v) is 9.18. The number of aromatic nitrogens is 2. The van der Waals surface area contributed by atoms with Crippen molar-refractivity contribution in [3.8, 4) is 0 Å².